The summed E-state index contributed by atoms with van der Waals surface area (Å²) in [5, 5.41) is 3.65. The highest BCUT2D eigenvalue weighted by Crippen LogP contribution is 2.30. The Bertz CT molecular complexity index is 292. The highest BCUT2D eigenvalue weighted by Gasteiger charge is 2.36. The van der Waals surface area contributed by atoms with Crippen LogP contribution >= 0.6 is 0 Å². The molecule has 0 amide bonds. The predicted octanol–water partition coefficient (Wildman–Crippen LogP) is 1.81. The van der Waals surface area contributed by atoms with Gasteiger partial charge in [0, 0.05) is 50.8 Å². The van der Waals surface area contributed by atoms with E-state index in [1.807, 2.05) is 0 Å². The zero-order chi connectivity index (χ0) is 15.1. The first-order chi connectivity index (χ1) is 10.2. The first kappa shape index (κ1) is 17.2. The molecular formula is C17H35N3O. The van der Waals surface area contributed by atoms with Crippen molar-refractivity contribution < 1.29 is 4.74 Å². The normalized spacial score (nSPS) is 32.4. The van der Waals surface area contributed by atoms with Gasteiger partial charge in [0.25, 0.3) is 0 Å². The fourth-order valence-electron chi connectivity index (χ4n) is 3.92. The SMILES string of the molecule is CCCNCC1(CN2CCN(CC)C(C)C2)CCCOC1. The third kappa shape index (κ3) is 4.92. The molecule has 2 rings (SSSR count). The minimum atomic E-state index is 0.335. The summed E-state index contributed by atoms with van der Waals surface area (Å²) in [6.45, 7) is 17.0. The molecule has 0 aromatic carbocycles. The lowest BCUT2D eigenvalue weighted by molar-refractivity contribution is -0.0376. The average molecular weight is 297 g/mol. The Labute approximate surface area is 131 Å². The second-order valence-electron chi connectivity index (χ2n) is 7.05. The molecule has 4 heteroatoms. The van der Waals surface area contributed by atoms with Gasteiger partial charge in [0.1, 0.15) is 0 Å². The van der Waals surface area contributed by atoms with Gasteiger partial charge in [-0.2, -0.15) is 0 Å². The van der Waals surface area contributed by atoms with Crippen molar-refractivity contribution in [1.82, 2.24) is 15.1 Å². The van der Waals surface area contributed by atoms with Crippen molar-refractivity contribution in [1.29, 1.82) is 0 Å². The number of ether oxygens (including phenoxy) is 1. The van der Waals surface area contributed by atoms with Crippen LogP contribution in [0.2, 0.25) is 0 Å². The summed E-state index contributed by atoms with van der Waals surface area (Å²) < 4.78 is 5.85. The average Bonchev–Trinajstić information content (AvgIpc) is 2.49. The summed E-state index contributed by atoms with van der Waals surface area (Å²) in [4.78, 5) is 5.27. The molecule has 0 spiro atoms. The molecule has 124 valence electrons. The van der Waals surface area contributed by atoms with Gasteiger partial charge in [-0.15, -0.1) is 0 Å². The van der Waals surface area contributed by atoms with E-state index in [2.05, 4.69) is 35.9 Å². The molecule has 21 heavy (non-hydrogen) atoms. The molecule has 2 saturated heterocycles. The zero-order valence-electron chi connectivity index (χ0n) is 14.4. The molecule has 0 aromatic heterocycles. The second kappa shape index (κ2) is 8.47. The lowest BCUT2D eigenvalue weighted by atomic mass is 9.81. The van der Waals surface area contributed by atoms with Crippen LogP contribution in [-0.4, -0.2) is 74.9 Å². The van der Waals surface area contributed by atoms with Crippen molar-refractivity contribution in [2.24, 2.45) is 5.41 Å². The van der Waals surface area contributed by atoms with Gasteiger partial charge in [-0.3, -0.25) is 9.80 Å². The van der Waals surface area contributed by atoms with E-state index >= 15 is 0 Å². The van der Waals surface area contributed by atoms with Gasteiger partial charge < -0.3 is 10.1 Å². The minimum absolute atomic E-state index is 0.335. The monoisotopic (exact) mass is 297 g/mol. The van der Waals surface area contributed by atoms with E-state index in [-0.39, 0.29) is 0 Å². The third-order valence-electron chi connectivity index (χ3n) is 5.15. The molecule has 1 N–H and O–H groups in total. The van der Waals surface area contributed by atoms with Crippen LogP contribution in [0.1, 0.15) is 40.0 Å². The van der Waals surface area contributed by atoms with Gasteiger partial charge in [0.2, 0.25) is 0 Å². The standard InChI is InChI=1S/C17H35N3O/c1-4-8-18-13-17(7-6-11-21-15-17)14-19-9-10-20(5-2)16(3)12-19/h16,18H,4-15H2,1-3H3. The van der Waals surface area contributed by atoms with E-state index in [0.29, 0.717) is 11.5 Å². The molecule has 0 saturated carbocycles. The summed E-state index contributed by atoms with van der Waals surface area (Å²) >= 11 is 0. The molecule has 2 unspecified atom stereocenters. The Kier molecular flexibility index (Phi) is 6.93. The number of hydrogen-bond donors (Lipinski definition) is 1. The summed E-state index contributed by atoms with van der Waals surface area (Å²) in [5.74, 6) is 0. The smallest absolute Gasteiger partial charge is 0.0546 e. The van der Waals surface area contributed by atoms with E-state index in [1.54, 1.807) is 0 Å². The van der Waals surface area contributed by atoms with Gasteiger partial charge in [-0.25, -0.2) is 0 Å². The number of piperazine rings is 1. The topological polar surface area (TPSA) is 27.7 Å². The van der Waals surface area contributed by atoms with Crippen molar-refractivity contribution in [3.05, 3.63) is 0 Å². The Morgan fingerprint density at radius 1 is 1.29 bits per heavy atom. The summed E-state index contributed by atoms with van der Waals surface area (Å²) in [6.07, 6.45) is 3.74. The number of nitrogens with one attached hydrogen (secondary N) is 1. The first-order valence-electron chi connectivity index (χ1n) is 8.94. The van der Waals surface area contributed by atoms with Crippen LogP contribution in [0.25, 0.3) is 0 Å². The number of likely N-dealkylation sites (N-methyl/N-ethyl adjacent to an activating group) is 1. The Balaban J connectivity index is 1.89. The molecule has 0 radical (unpaired) electrons. The van der Waals surface area contributed by atoms with Crippen molar-refractivity contribution in [2.75, 3.05) is 59.0 Å². The van der Waals surface area contributed by atoms with E-state index in [9.17, 15) is 0 Å². The highest BCUT2D eigenvalue weighted by atomic mass is 16.5. The van der Waals surface area contributed by atoms with Crippen molar-refractivity contribution in [2.45, 2.75) is 46.1 Å². The molecule has 0 aromatic rings. The van der Waals surface area contributed by atoms with Crippen LogP contribution in [0.15, 0.2) is 0 Å². The van der Waals surface area contributed by atoms with Crippen LogP contribution in [0.5, 0.6) is 0 Å². The molecule has 0 bridgehead atoms. The third-order valence-corrected chi connectivity index (χ3v) is 5.15. The van der Waals surface area contributed by atoms with Crippen molar-refractivity contribution in [3.63, 3.8) is 0 Å². The minimum Gasteiger partial charge on any atom is -0.381 e. The van der Waals surface area contributed by atoms with Gasteiger partial charge >= 0.3 is 0 Å². The number of hydrogen-bond acceptors (Lipinski definition) is 4. The largest absolute Gasteiger partial charge is 0.381 e. The Hall–Kier alpha value is -0.160. The maximum absolute atomic E-state index is 5.85. The van der Waals surface area contributed by atoms with Crippen LogP contribution in [-0.2, 0) is 4.74 Å². The summed E-state index contributed by atoms with van der Waals surface area (Å²) in [5.41, 5.74) is 0.335. The molecule has 2 aliphatic rings. The maximum atomic E-state index is 5.85. The van der Waals surface area contributed by atoms with Gasteiger partial charge in [0.15, 0.2) is 0 Å². The second-order valence-corrected chi connectivity index (χ2v) is 7.05. The molecule has 0 aliphatic carbocycles. The Morgan fingerprint density at radius 2 is 2.14 bits per heavy atom. The number of rotatable bonds is 7. The van der Waals surface area contributed by atoms with Crippen LogP contribution < -0.4 is 5.32 Å². The molecule has 4 nitrogen and oxygen atoms in total. The van der Waals surface area contributed by atoms with Crippen molar-refractivity contribution >= 4 is 0 Å². The lowest BCUT2D eigenvalue weighted by Crippen LogP contribution is -2.56. The van der Waals surface area contributed by atoms with Crippen molar-refractivity contribution in [3.8, 4) is 0 Å². The maximum Gasteiger partial charge on any atom is 0.0546 e. The van der Waals surface area contributed by atoms with Gasteiger partial charge in [-0.05, 0) is 39.3 Å². The van der Waals surface area contributed by atoms with Crippen LogP contribution in [0.4, 0.5) is 0 Å². The summed E-state index contributed by atoms with van der Waals surface area (Å²) in [7, 11) is 0. The summed E-state index contributed by atoms with van der Waals surface area (Å²) in [6, 6.07) is 0.689. The number of nitrogens with zero attached hydrogens (tertiary/aromatic N) is 2. The lowest BCUT2D eigenvalue weighted by Gasteiger charge is -2.45. The zero-order valence-corrected chi connectivity index (χ0v) is 14.4. The fourth-order valence-corrected chi connectivity index (χ4v) is 3.92. The van der Waals surface area contributed by atoms with Gasteiger partial charge in [-0.1, -0.05) is 13.8 Å². The fraction of sp³-hybridized carbons (Fsp3) is 1.00. The highest BCUT2D eigenvalue weighted by molar-refractivity contribution is 4.90. The molecule has 2 heterocycles. The van der Waals surface area contributed by atoms with E-state index in [1.165, 1.54) is 52.0 Å². The predicted molar refractivity (Wildman–Crippen MR) is 88.8 cm³/mol. The van der Waals surface area contributed by atoms with Crippen LogP contribution in [0, 0.1) is 5.41 Å². The van der Waals surface area contributed by atoms with E-state index in [0.717, 1.165) is 26.3 Å². The molecule has 2 atom stereocenters. The molecule has 2 aliphatic heterocycles. The Morgan fingerprint density at radius 3 is 2.76 bits per heavy atom. The molecule has 2 fully saturated rings. The first-order valence-corrected chi connectivity index (χ1v) is 8.94. The van der Waals surface area contributed by atoms with Crippen LogP contribution in [0.3, 0.4) is 0 Å². The van der Waals surface area contributed by atoms with E-state index < -0.39 is 0 Å². The van der Waals surface area contributed by atoms with E-state index in [4.69, 9.17) is 4.74 Å². The quantitative estimate of drug-likeness (QED) is 0.725. The molecular weight excluding hydrogens is 262 g/mol. The van der Waals surface area contributed by atoms with Gasteiger partial charge in [0.05, 0.1) is 6.61 Å².